The zero-order chi connectivity index (χ0) is 91.3. The van der Waals surface area contributed by atoms with Crippen LogP contribution in [-0.4, -0.2) is 139 Å². The van der Waals surface area contributed by atoms with Crippen LogP contribution in [0.1, 0.15) is 287 Å². The maximum Gasteiger partial charge on any atom is 0.159 e. The van der Waals surface area contributed by atoms with Crippen molar-refractivity contribution in [1.82, 2.24) is 59.7 Å². The highest BCUT2D eigenvalue weighted by molar-refractivity contribution is 5.86. The van der Waals surface area contributed by atoms with Crippen molar-refractivity contribution in [2.75, 3.05) is 13.2 Å². The molecule has 0 amide bonds. The summed E-state index contributed by atoms with van der Waals surface area (Å²) in [5.41, 5.74) is 4.86. The number of pyridine rings is 1. The number of ether oxygens (including phenoxy) is 1. The summed E-state index contributed by atoms with van der Waals surface area (Å²) in [4.78, 5) is 61.5. The number of hydrogen-bond acceptors (Lipinski definition) is 17. The molecule has 16 saturated carbocycles. The number of aliphatic hydroxyl groups is 4. The Morgan fingerprint density at radius 1 is 0.371 bits per heavy atom. The van der Waals surface area contributed by atoms with Gasteiger partial charge in [-0.3, -0.25) is 28.8 Å². The number of benzene rings is 3. The van der Waals surface area contributed by atoms with Crippen molar-refractivity contribution >= 4 is 67.3 Å². The standard InChI is InChI=1S/C29H40FN3O3.3C27H37N3O2/c1-3-36-17-29(35)13-11-20-18(15-29)4-6-22-21(20)10-12-28(2)23(22)7-8-24(28)27(34)16-33-31-25-9-5-19(30)14-26(25)32-33;1-26(32)11-9-18-17(14-26)5-6-20-19(18)10-12-27(2)21(20)7-8-22(27)25(31)16-30-15-24-23(29-30)4-3-13-28-24;1-26(32)13-11-18-17(15-26)7-8-20-19(18)12-14-27(2)21(20)9-10-22(27)25(31)16-30-24-6-4-3-5-23(24)28-29-30;1-26(32)13-11-18-17(15-26)7-8-20-19(18)12-14-27(2)21(20)9-10-22(27)25(31)16-30-28-23-5-3-4-6-24(23)29-30/h5,9,14,18,20-24,35H,3-4,6-8,10-13,15-17H2,1-2H3;3-4,13,15,17-22,32H,5-12,14,16H2,1-2H3;2*3-6,17-22,32H,7-16H2,1-2H3/t18-,20+,21-,22-,23+,24-,28+,29-;3*17-,18-,19+,20+,21-,22+,26+,27-/m1000/s1. The predicted octanol–water partition coefficient (Wildman–Crippen LogP) is 20.2. The van der Waals surface area contributed by atoms with E-state index in [1.54, 1.807) is 26.4 Å². The number of rotatable bonds is 15. The molecular weight excluding hydrogens is 1650 g/mol. The minimum Gasteiger partial charge on any atom is -0.390 e. The van der Waals surface area contributed by atoms with Crippen LogP contribution in [0.3, 0.4) is 0 Å². The summed E-state index contributed by atoms with van der Waals surface area (Å²) < 4.78 is 22.8. The Morgan fingerprint density at radius 2 is 0.742 bits per heavy atom. The van der Waals surface area contributed by atoms with E-state index in [4.69, 9.17) is 4.74 Å². The molecular formula is C110H151FN12O9. The van der Waals surface area contributed by atoms with E-state index in [0.29, 0.717) is 120 Å². The van der Waals surface area contributed by atoms with Gasteiger partial charge in [-0.05, 0) is 447 Å². The van der Waals surface area contributed by atoms with Crippen LogP contribution in [0.25, 0.3) is 44.1 Å². The number of fused-ring (bicyclic) bond motifs is 24. The number of hydrogen-bond donors (Lipinski definition) is 4. The molecule has 16 aliphatic rings. The zero-order valence-electron chi connectivity index (χ0n) is 80.3. The van der Waals surface area contributed by atoms with Gasteiger partial charge in [0.2, 0.25) is 0 Å². The van der Waals surface area contributed by atoms with E-state index in [1.807, 2.05) is 94.6 Å². The summed E-state index contributed by atoms with van der Waals surface area (Å²) in [6, 6.07) is 24.0. The van der Waals surface area contributed by atoms with Crippen LogP contribution in [0.15, 0.2) is 91.3 Å². The van der Waals surface area contributed by atoms with Gasteiger partial charge in [-0.2, -0.15) is 35.1 Å². The molecule has 24 rings (SSSR count). The summed E-state index contributed by atoms with van der Waals surface area (Å²) in [7, 11) is 0. The fourth-order valence-electron chi connectivity index (χ4n) is 35.8. The van der Waals surface area contributed by atoms with Gasteiger partial charge in [0.15, 0.2) is 23.1 Å². The first-order valence-corrected chi connectivity index (χ1v) is 52.8. The predicted molar refractivity (Wildman–Crippen MR) is 506 cm³/mol. The lowest BCUT2D eigenvalue weighted by Crippen LogP contribution is -2.52. The molecule has 0 radical (unpaired) electrons. The molecule has 16 fully saturated rings. The number of Topliss-reactive ketones (excluding diaryl/α,β-unsaturated/α-hetero) is 4. The average Bonchev–Trinajstić information content (AvgIpc) is 1.53. The normalized spacial score (nSPS) is 42.5. The molecule has 4 N–H and O–H groups in total. The van der Waals surface area contributed by atoms with E-state index in [9.17, 15) is 44.0 Å². The Hall–Kier alpha value is -7.11. The molecule has 32 atom stereocenters. The van der Waals surface area contributed by atoms with Gasteiger partial charge in [0.1, 0.15) is 64.1 Å². The van der Waals surface area contributed by atoms with Gasteiger partial charge < -0.3 is 25.2 Å². The van der Waals surface area contributed by atoms with Gasteiger partial charge in [0.25, 0.3) is 0 Å². The highest BCUT2D eigenvalue weighted by atomic mass is 19.1. The zero-order valence-corrected chi connectivity index (χ0v) is 80.3. The number of carbonyl (C=O) groups excluding carboxylic acids is 4. The molecule has 22 heteroatoms. The Kier molecular flexibility index (Phi) is 24.5. The van der Waals surface area contributed by atoms with E-state index >= 15 is 0 Å². The van der Waals surface area contributed by atoms with Crippen LogP contribution in [0.2, 0.25) is 0 Å². The third-order valence-electron chi connectivity index (χ3n) is 41.6. The van der Waals surface area contributed by atoms with Gasteiger partial charge in [0.05, 0.1) is 47.3 Å². The quantitative estimate of drug-likeness (QED) is 0.0742. The lowest BCUT2D eigenvalue weighted by atomic mass is 9.49. The molecule has 0 bridgehead atoms. The molecule has 5 heterocycles. The second kappa shape index (κ2) is 35.4. The average molecular weight is 1800 g/mol. The number of nitrogens with zero attached hydrogens (tertiary/aromatic N) is 12. The van der Waals surface area contributed by atoms with Crippen LogP contribution in [0.5, 0.6) is 0 Å². The van der Waals surface area contributed by atoms with Crippen molar-refractivity contribution in [2.45, 2.75) is 335 Å². The highest BCUT2D eigenvalue weighted by Gasteiger charge is 2.65. The van der Waals surface area contributed by atoms with E-state index in [0.717, 1.165) is 189 Å². The van der Waals surface area contributed by atoms with Crippen LogP contribution in [0.4, 0.5) is 4.39 Å². The number of ketones is 4. The number of para-hydroxylation sites is 1. The van der Waals surface area contributed by atoms with Gasteiger partial charge in [-0.25, -0.2) is 9.07 Å². The molecule has 16 aliphatic carbocycles. The number of aromatic nitrogens is 12. The van der Waals surface area contributed by atoms with E-state index in [1.165, 1.54) is 152 Å². The number of halogens is 1. The fraction of sp³-hybridized carbons (Fsp3) is 0.745. The van der Waals surface area contributed by atoms with E-state index in [-0.39, 0.29) is 63.5 Å². The second-order valence-electron chi connectivity index (χ2n) is 48.7. The Morgan fingerprint density at radius 3 is 1.18 bits per heavy atom. The third-order valence-corrected chi connectivity index (χ3v) is 41.6. The van der Waals surface area contributed by atoms with Crippen molar-refractivity contribution in [1.29, 1.82) is 0 Å². The summed E-state index contributed by atoms with van der Waals surface area (Å²) in [6.07, 6.45) is 44.7. The third kappa shape index (κ3) is 16.9. The van der Waals surface area contributed by atoms with E-state index in [2.05, 4.69) is 68.5 Å². The van der Waals surface area contributed by atoms with Crippen molar-refractivity contribution in [3.63, 3.8) is 0 Å². The molecule has 21 nitrogen and oxygen atoms in total. The summed E-state index contributed by atoms with van der Waals surface area (Å²) in [5.74, 6) is 16.2. The van der Waals surface area contributed by atoms with E-state index < -0.39 is 22.4 Å². The van der Waals surface area contributed by atoms with Crippen molar-refractivity contribution in [2.24, 2.45) is 164 Å². The monoisotopic (exact) mass is 1800 g/mol. The highest BCUT2D eigenvalue weighted by Crippen LogP contribution is 2.70. The molecule has 5 aromatic heterocycles. The molecule has 0 unspecified atom stereocenters. The summed E-state index contributed by atoms with van der Waals surface area (Å²) >= 11 is 0. The smallest absolute Gasteiger partial charge is 0.159 e. The lowest BCUT2D eigenvalue weighted by molar-refractivity contribution is -0.138. The Balaban J connectivity index is 0.000000106. The maximum atomic E-state index is 13.6. The lowest BCUT2D eigenvalue weighted by Gasteiger charge is -2.57. The minimum atomic E-state index is -0.644. The topological polar surface area (TPSA) is 281 Å². The van der Waals surface area contributed by atoms with Crippen LogP contribution in [-0.2, 0) is 50.1 Å². The minimum absolute atomic E-state index is 0.0497. The fourth-order valence-corrected chi connectivity index (χ4v) is 35.8. The van der Waals surface area contributed by atoms with Gasteiger partial charge >= 0.3 is 0 Å². The molecule has 0 spiro atoms. The van der Waals surface area contributed by atoms with Crippen LogP contribution in [0, 0.1) is 170 Å². The Labute approximate surface area is 780 Å². The van der Waals surface area contributed by atoms with Crippen molar-refractivity contribution < 1.29 is 48.7 Å². The molecule has 3 aromatic carbocycles. The van der Waals surface area contributed by atoms with Gasteiger partial charge in [-0.15, -0.1) is 5.10 Å². The van der Waals surface area contributed by atoms with Crippen molar-refractivity contribution in [3.8, 4) is 0 Å². The molecule has 0 aliphatic heterocycles. The van der Waals surface area contributed by atoms with Crippen LogP contribution < -0.4 is 0 Å². The molecule has 712 valence electrons. The first-order chi connectivity index (χ1) is 63.3. The van der Waals surface area contributed by atoms with Crippen molar-refractivity contribution in [3.05, 3.63) is 97.1 Å². The first-order valence-electron chi connectivity index (χ1n) is 52.8. The van der Waals surface area contributed by atoms with Crippen LogP contribution >= 0.6 is 0 Å². The summed E-state index contributed by atoms with van der Waals surface area (Å²) in [6.45, 7) is 20.1. The SMILES string of the molecule is CCOC[C@@]1(O)CC[C@H]2[C@H](CC[C@@H]3[C@@H]2CC[C@]2(C)[C@@H](C(=O)Cn4nc5ccc(F)cc5n4)CC[C@@H]32)C1.C[C@@]1(O)CC[C@H]2[C@@H](CC[C@@H]3[C@@H]2CC[C@]2(C)[C@@H](C(=O)Cn4cc5ncccc5n4)CC[C@@H]32)C1.C[C@@]1(O)CC[C@H]2[C@@H](CC[C@@H]3[C@@H]2CC[C@]2(C)[C@@H](C(=O)Cn4nc5ccccc5n4)CC[C@@H]32)C1.C[C@@]1(O)CC[C@H]2[C@@H](CC[C@@H]3[C@@H]2CC[C@]2(C)[C@@H](C(=O)Cn4nnc5ccccc54)CC[C@@H]32)C1. The molecule has 8 aromatic rings. The molecule has 0 saturated heterocycles. The number of carbonyl (C=O) groups is 4. The first kappa shape index (κ1) is 91.3. The second-order valence-corrected chi connectivity index (χ2v) is 48.7. The largest absolute Gasteiger partial charge is 0.390 e. The maximum absolute atomic E-state index is 13.6. The Bertz CT molecular complexity index is 5320. The van der Waals surface area contributed by atoms with Gasteiger partial charge in [-0.1, -0.05) is 57.2 Å². The van der Waals surface area contributed by atoms with Gasteiger partial charge in [0, 0.05) is 42.5 Å². The summed E-state index contributed by atoms with van der Waals surface area (Å²) in [5, 5.41) is 73.9. The molecule has 132 heavy (non-hydrogen) atoms.